The summed E-state index contributed by atoms with van der Waals surface area (Å²) in [5, 5.41) is 0. The first-order valence-corrected chi connectivity index (χ1v) is 8.37. The molecule has 1 aliphatic heterocycles. The van der Waals surface area contributed by atoms with Gasteiger partial charge in [-0.3, -0.25) is 0 Å². The topological polar surface area (TPSA) is 18.5 Å². The van der Waals surface area contributed by atoms with Gasteiger partial charge in [0.1, 0.15) is 5.82 Å². The van der Waals surface area contributed by atoms with Crippen LogP contribution in [-0.2, 0) is 9.47 Å². The van der Waals surface area contributed by atoms with Gasteiger partial charge in [0.05, 0.1) is 13.2 Å². The minimum atomic E-state index is -0.155. The van der Waals surface area contributed by atoms with Crippen molar-refractivity contribution in [3.05, 3.63) is 47.8 Å². The van der Waals surface area contributed by atoms with Gasteiger partial charge in [0, 0.05) is 11.8 Å². The maximum Gasteiger partial charge on any atom is 0.160 e. The fourth-order valence-corrected chi connectivity index (χ4v) is 3.65. The third-order valence-corrected chi connectivity index (χ3v) is 4.91. The van der Waals surface area contributed by atoms with Gasteiger partial charge in [-0.1, -0.05) is 24.3 Å². The molecule has 2 fully saturated rings. The van der Waals surface area contributed by atoms with Crippen LogP contribution in [0.1, 0.15) is 44.1 Å². The molecule has 2 aliphatic rings. The molecule has 2 nitrogen and oxygen atoms in total. The summed E-state index contributed by atoms with van der Waals surface area (Å²) < 4.78 is 24.8. The van der Waals surface area contributed by atoms with Crippen molar-refractivity contribution in [1.82, 2.24) is 0 Å². The van der Waals surface area contributed by atoms with Crippen molar-refractivity contribution in [2.75, 3.05) is 13.2 Å². The van der Waals surface area contributed by atoms with Crippen LogP contribution in [0.3, 0.4) is 0 Å². The lowest BCUT2D eigenvalue weighted by molar-refractivity contribution is -0.222. The monoisotopic (exact) mass is 304 g/mol. The highest BCUT2D eigenvalue weighted by molar-refractivity contribution is 5.20. The van der Waals surface area contributed by atoms with Crippen LogP contribution in [-0.4, -0.2) is 19.5 Å². The molecule has 3 rings (SSSR count). The molecule has 1 heterocycles. The van der Waals surface area contributed by atoms with Crippen LogP contribution in [0.2, 0.25) is 0 Å². The van der Waals surface area contributed by atoms with Crippen molar-refractivity contribution in [1.29, 1.82) is 0 Å². The summed E-state index contributed by atoms with van der Waals surface area (Å²) in [5.74, 6) is 1.30. The Morgan fingerprint density at radius 3 is 2.23 bits per heavy atom. The summed E-state index contributed by atoms with van der Waals surface area (Å²) in [4.78, 5) is 0. The molecule has 0 atom stereocenters. The van der Waals surface area contributed by atoms with Crippen molar-refractivity contribution in [3.8, 4) is 0 Å². The van der Waals surface area contributed by atoms with Gasteiger partial charge in [0.15, 0.2) is 6.29 Å². The second kappa shape index (κ2) is 7.38. The van der Waals surface area contributed by atoms with Crippen LogP contribution in [0.5, 0.6) is 0 Å². The highest BCUT2D eigenvalue weighted by atomic mass is 19.1. The van der Waals surface area contributed by atoms with Crippen molar-refractivity contribution >= 4 is 0 Å². The lowest BCUT2D eigenvalue weighted by atomic mass is 9.78. The van der Waals surface area contributed by atoms with Crippen molar-refractivity contribution in [2.24, 2.45) is 11.8 Å². The van der Waals surface area contributed by atoms with E-state index in [9.17, 15) is 4.39 Å². The first-order chi connectivity index (χ1) is 10.8. The molecule has 1 aliphatic carbocycles. The van der Waals surface area contributed by atoms with Crippen LogP contribution in [0.15, 0.2) is 36.4 Å². The molecule has 0 spiro atoms. The van der Waals surface area contributed by atoms with Gasteiger partial charge < -0.3 is 9.47 Å². The van der Waals surface area contributed by atoms with Crippen LogP contribution < -0.4 is 0 Å². The second-order valence-corrected chi connectivity index (χ2v) is 6.48. The van der Waals surface area contributed by atoms with Gasteiger partial charge in [0.2, 0.25) is 0 Å². The highest BCUT2D eigenvalue weighted by Gasteiger charge is 2.32. The summed E-state index contributed by atoms with van der Waals surface area (Å²) >= 11 is 0. The van der Waals surface area contributed by atoms with E-state index in [2.05, 4.69) is 12.2 Å². The van der Waals surface area contributed by atoms with Gasteiger partial charge in [-0.05, 0) is 56.2 Å². The van der Waals surface area contributed by atoms with Crippen LogP contribution >= 0.6 is 0 Å². The molecule has 1 aromatic rings. The predicted octanol–water partition coefficient (Wildman–Crippen LogP) is 4.66. The third-order valence-electron chi connectivity index (χ3n) is 4.91. The molecule has 0 radical (unpaired) electrons. The van der Waals surface area contributed by atoms with Gasteiger partial charge in [-0.2, -0.15) is 0 Å². The Morgan fingerprint density at radius 2 is 1.64 bits per heavy atom. The number of halogens is 1. The summed E-state index contributed by atoms with van der Waals surface area (Å²) in [7, 11) is 0. The Labute approximate surface area is 132 Å². The lowest BCUT2D eigenvalue weighted by Crippen LogP contribution is -2.37. The van der Waals surface area contributed by atoms with Crippen molar-refractivity contribution < 1.29 is 13.9 Å². The second-order valence-electron chi connectivity index (χ2n) is 6.48. The van der Waals surface area contributed by atoms with E-state index in [1.54, 1.807) is 12.1 Å². The zero-order chi connectivity index (χ0) is 15.4. The molecule has 0 N–H and O–H groups in total. The Bertz CT molecular complexity index is 481. The van der Waals surface area contributed by atoms with Gasteiger partial charge >= 0.3 is 0 Å². The number of rotatable bonds is 3. The van der Waals surface area contributed by atoms with Gasteiger partial charge in [-0.25, -0.2) is 4.39 Å². The molecule has 22 heavy (non-hydrogen) atoms. The number of ether oxygens (including phenoxy) is 2. The van der Waals surface area contributed by atoms with E-state index in [-0.39, 0.29) is 12.1 Å². The van der Waals surface area contributed by atoms with E-state index >= 15 is 0 Å². The van der Waals surface area contributed by atoms with Crippen molar-refractivity contribution in [3.63, 3.8) is 0 Å². The quantitative estimate of drug-likeness (QED) is 0.756. The normalized spacial score (nSPS) is 33.2. The first-order valence-electron chi connectivity index (χ1n) is 8.37. The summed E-state index contributed by atoms with van der Waals surface area (Å²) in [5.41, 5.74) is 1.26. The predicted molar refractivity (Wildman–Crippen MR) is 85.1 cm³/mol. The zero-order valence-corrected chi connectivity index (χ0v) is 13.2. The van der Waals surface area contributed by atoms with E-state index in [0.29, 0.717) is 17.8 Å². The number of hydrogen-bond acceptors (Lipinski definition) is 2. The Balaban J connectivity index is 1.49. The molecule has 0 bridgehead atoms. The Hall–Kier alpha value is -1.19. The van der Waals surface area contributed by atoms with E-state index in [1.165, 1.54) is 5.56 Å². The smallest absolute Gasteiger partial charge is 0.160 e. The summed E-state index contributed by atoms with van der Waals surface area (Å²) in [6, 6.07) is 6.98. The number of hydrogen-bond donors (Lipinski definition) is 0. The van der Waals surface area contributed by atoms with Crippen LogP contribution in [0, 0.1) is 17.7 Å². The summed E-state index contributed by atoms with van der Waals surface area (Å²) in [6.45, 7) is 3.57. The fraction of sp³-hybridized carbons (Fsp3) is 0.579. The van der Waals surface area contributed by atoms with E-state index in [1.807, 2.05) is 19.1 Å². The average molecular weight is 304 g/mol. The molecule has 3 heteroatoms. The SMILES string of the molecule is CC=CC1COC([C@H]2CC[C@H](c3ccc(F)cc3)CC2)OC1. The Morgan fingerprint density at radius 1 is 1.00 bits per heavy atom. The van der Waals surface area contributed by atoms with E-state index < -0.39 is 0 Å². The standard InChI is InChI=1S/C19H25FO2/c1-2-3-14-12-21-19(22-13-14)17-6-4-15(5-7-17)16-8-10-18(20)11-9-16/h2-3,8-11,14-15,17,19H,4-7,12-13H2,1H3/t14?,15-,17-,19?. The Kier molecular flexibility index (Phi) is 5.27. The number of benzene rings is 1. The molecule has 1 saturated carbocycles. The molecule has 120 valence electrons. The zero-order valence-electron chi connectivity index (χ0n) is 13.2. The maximum atomic E-state index is 13.0. The molecule has 1 aromatic carbocycles. The van der Waals surface area contributed by atoms with Gasteiger partial charge in [0.25, 0.3) is 0 Å². The van der Waals surface area contributed by atoms with E-state index in [4.69, 9.17) is 9.47 Å². The maximum absolute atomic E-state index is 13.0. The average Bonchev–Trinajstić information content (AvgIpc) is 2.57. The first kappa shape index (κ1) is 15.7. The summed E-state index contributed by atoms with van der Waals surface area (Å²) in [6.07, 6.45) is 8.71. The molecule has 0 aromatic heterocycles. The van der Waals surface area contributed by atoms with E-state index in [0.717, 1.165) is 38.9 Å². The minimum absolute atomic E-state index is 0.0318. The molecular weight excluding hydrogens is 279 g/mol. The number of allylic oxidation sites excluding steroid dienone is 1. The highest BCUT2D eigenvalue weighted by Crippen LogP contribution is 2.38. The lowest BCUT2D eigenvalue weighted by Gasteiger charge is -2.37. The largest absolute Gasteiger partial charge is 0.352 e. The fourth-order valence-electron chi connectivity index (χ4n) is 3.65. The van der Waals surface area contributed by atoms with Crippen LogP contribution in [0.25, 0.3) is 0 Å². The molecule has 0 amide bonds. The third kappa shape index (κ3) is 3.76. The van der Waals surface area contributed by atoms with Gasteiger partial charge in [-0.15, -0.1) is 0 Å². The molecular formula is C19H25FO2. The minimum Gasteiger partial charge on any atom is -0.352 e. The van der Waals surface area contributed by atoms with Crippen molar-refractivity contribution in [2.45, 2.75) is 44.8 Å². The van der Waals surface area contributed by atoms with Crippen LogP contribution in [0.4, 0.5) is 4.39 Å². The molecule has 1 saturated heterocycles. The molecule has 0 unspecified atom stereocenters.